The van der Waals surface area contributed by atoms with E-state index >= 15 is 8.78 Å². The Labute approximate surface area is 390 Å². The Kier molecular flexibility index (Phi) is 13.8. The van der Waals surface area contributed by atoms with Crippen LogP contribution in [-0.4, -0.2) is 111 Å². The minimum Gasteiger partial charge on any atom is -0.490 e. The van der Waals surface area contributed by atoms with Gasteiger partial charge in [-0.15, -0.1) is 11.3 Å². The van der Waals surface area contributed by atoms with Crippen LogP contribution in [0.15, 0.2) is 72.5 Å². The van der Waals surface area contributed by atoms with Crippen LogP contribution < -0.4 is 20.7 Å². The lowest BCUT2D eigenvalue weighted by Gasteiger charge is -2.36. The van der Waals surface area contributed by atoms with Crippen LogP contribution in [0.25, 0.3) is 11.1 Å². The number of anilines is 2. The van der Waals surface area contributed by atoms with Crippen molar-refractivity contribution in [3.05, 3.63) is 112 Å². The minimum absolute atomic E-state index is 0.0202. The predicted octanol–water partition coefficient (Wildman–Crippen LogP) is 6.32. The van der Waals surface area contributed by atoms with Crippen LogP contribution in [0.4, 0.5) is 19.6 Å². The van der Waals surface area contributed by atoms with Gasteiger partial charge in [0.05, 0.1) is 18.6 Å². The van der Waals surface area contributed by atoms with Crippen molar-refractivity contribution in [1.29, 1.82) is 0 Å². The molecule has 0 bridgehead atoms. The standard InChI is InChI=1S/C49H53F2N9O6S/c1-57(46(48(65)56-49-52-16-22-67-49)45-42-3-2-17-60(42)29-53-45)26-38-33(28-61)23-32(24-39(38)50)30-4-7-35(8-5-30)66-36-14-20-59(21-15-36)44(63)27-58-18-12-31(13-19-58)37-9-6-34(25-40(37)51)54-41-10-11-43(62)55-47(41)64/h4-9,16,22-25,28-29,31,36,41,46,54H,2-3,10-15,17-21,26-27H2,1H3,(H,52,56,65)(H,55,62,64). The number of carbonyl (C=O) groups is 5. The number of benzene rings is 3. The van der Waals surface area contributed by atoms with Gasteiger partial charge in [-0.1, -0.05) is 18.2 Å². The number of rotatable bonds is 15. The zero-order valence-electron chi connectivity index (χ0n) is 37.2. The summed E-state index contributed by atoms with van der Waals surface area (Å²) in [6.45, 7) is 3.59. The van der Waals surface area contributed by atoms with Crippen molar-refractivity contribution in [3.63, 3.8) is 0 Å². The van der Waals surface area contributed by atoms with Gasteiger partial charge in [0.1, 0.15) is 35.6 Å². The number of aryl methyl sites for hydroxylation is 1. The van der Waals surface area contributed by atoms with Crippen molar-refractivity contribution in [3.8, 4) is 16.9 Å². The molecule has 5 aromatic rings. The number of halogens is 2. The quantitative estimate of drug-likeness (QED) is 0.0793. The number of thiazole rings is 1. The van der Waals surface area contributed by atoms with Crippen molar-refractivity contribution in [2.45, 2.75) is 88.6 Å². The maximum absolute atomic E-state index is 16.1. The Hall–Kier alpha value is -6.37. The summed E-state index contributed by atoms with van der Waals surface area (Å²) in [5, 5.41) is 10.4. The topological polar surface area (TPSA) is 171 Å². The number of nitrogens with zero attached hydrogens (tertiary/aromatic N) is 6. The second-order valence-corrected chi connectivity index (χ2v) is 18.7. The van der Waals surface area contributed by atoms with Gasteiger partial charge >= 0.3 is 0 Å². The number of nitrogens with one attached hydrogen (secondary N) is 3. The predicted molar refractivity (Wildman–Crippen MR) is 248 cm³/mol. The molecule has 4 aliphatic rings. The first kappa shape index (κ1) is 45.8. The second kappa shape index (κ2) is 20.2. The highest BCUT2D eigenvalue weighted by molar-refractivity contribution is 7.13. The highest BCUT2D eigenvalue weighted by atomic mass is 32.1. The highest BCUT2D eigenvalue weighted by Gasteiger charge is 2.34. The largest absolute Gasteiger partial charge is 0.490 e. The zero-order valence-corrected chi connectivity index (χ0v) is 38.0. The van der Waals surface area contributed by atoms with E-state index in [1.54, 1.807) is 48.1 Å². The van der Waals surface area contributed by atoms with E-state index in [4.69, 9.17) is 4.74 Å². The first-order valence-electron chi connectivity index (χ1n) is 22.9. The van der Waals surface area contributed by atoms with Crippen LogP contribution in [0.2, 0.25) is 0 Å². The summed E-state index contributed by atoms with van der Waals surface area (Å²) in [5.41, 5.74) is 4.29. The van der Waals surface area contributed by atoms with Gasteiger partial charge in [0.15, 0.2) is 11.4 Å². The third-order valence-electron chi connectivity index (χ3n) is 13.4. The normalized spacial score (nSPS) is 18.7. The summed E-state index contributed by atoms with van der Waals surface area (Å²) < 4.78 is 39.7. The maximum Gasteiger partial charge on any atom is 0.249 e. The molecule has 6 heterocycles. The average Bonchev–Trinajstić information content (AvgIpc) is 4.10. The molecule has 3 aromatic carbocycles. The Morgan fingerprint density at radius 2 is 1.73 bits per heavy atom. The Balaban J connectivity index is 0.747. The number of likely N-dealkylation sites (tertiary alicyclic amines) is 2. The van der Waals surface area contributed by atoms with Crippen LogP contribution in [0.1, 0.15) is 89.8 Å². The van der Waals surface area contributed by atoms with E-state index in [-0.39, 0.29) is 59.7 Å². The molecule has 67 heavy (non-hydrogen) atoms. The SMILES string of the molecule is CN(Cc1c(F)cc(-c2ccc(OC3CCN(C(=O)CN4CCC(c5ccc(NC6CCC(=O)NC6=O)cc5F)CC4)CC3)cc2)cc1C=O)C(C(=O)Nc1nccs1)c1ncn2c1CCC2. The fraction of sp³-hybridized carbons (Fsp3) is 0.408. The zero-order chi connectivity index (χ0) is 46.6. The monoisotopic (exact) mass is 933 g/mol. The van der Waals surface area contributed by atoms with Crippen LogP contribution in [0.3, 0.4) is 0 Å². The van der Waals surface area contributed by atoms with Gasteiger partial charge < -0.3 is 24.8 Å². The van der Waals surface area contributed by atoms with Gasteiger partial charge in [-0.05, 0) is 111 Å². The molecule has 0 aliphatic carbocycles. The number of imidazole rings is 1. The molecule has 0 radical (unpaired) electrons. The molecule has 350 valence electrons. The van der Waals surface area contributed by atoms with E-state index in [1.807, 2.05) is 33.7 Å². The number of likely N-dealkylation sites (N-methyl/N-ethyl adjacent to an activating group) is 1. The molecular formula is C49H53F2N9O6S. The molecule has 3 saturated heterocycles. The molecule has 15 nitrogen and oxygen atoms in total. The Morgan fingerprint density at radius 1 is 0.940 bits per heavy atom. The summed E-state index contributed by atoms with van der Waals surface area (Å²) in [6, 6.07) is 13.9. The fourth-order valence-corrected chi connectivity index (χ4v) is 10.3. The number of aromatic nitrogens is 3. The number of hydrogen-bond donors (Lipinski definition) is 3. The molecule has 2 unspecified atom stereocenters. The molecule has 4 aliphatic heterocycles. The maximum atomic E-state index is 16.1. The number of hydrogen-bond acceptors (Lipinski definition) is 12. The number of aldehydes is 1. The molecule has 3 N–H and O–H groups in total. The molecule has 0 spiro atoms. The van der Waals surface area contributed by atoms with E-state index in [9.17, 15) is 24.0 Å². The van der Waals surface area contributed by atoms with Gasteiger partial charge in [0.2, 0.25) is 23.6 Å². The third kappa shape index (κ3) is 10.5. The summed E-state index contributed by atoms with van der Waals surface area (Å²) in [7, 11) is 1.72. The van der Waals surface area contributed by atoms with Gasteiger partial charge in [0, 0.05) is 79.5 Å². The van der Waals surface area contributed by atoms with Crippen molar-refractivity contribution in [2.75, 3.05) is 50.4 Å². The van der Waals surface area contributed by atoms with E-state index in [0.29, 0.717) is 97.2 Å². The van der Waals surface area contributed by atoms with Crippen molar-refractivity contribution in [2.24, 2.45) is 0 Å². The molecule has 4 amide bonds. The van der Waals surface area contributed by atoms with Crippen molar-refractivity contribution in [1.82, 2.24) is 34.6 Å². The molecule has 2 aromatic heterocycles. The van der Waals surface area contributed by atoms with Crippen molar-refractivity contribution >= 4 is 52.1 Å². The number of imide groups is 1. The number of carbonyl (C=O) groups excluding carboxylic acids is 5. The molecule has 2 atom stereocenters. The van der Waals surface area contributed by atoms with Crippen LogP contribution in [0.5, 0.6) is 5.75 Å². The molecule has 3 fully saturated rings. The first-order valence-corrected chi connectivity index (χ1v) is 23.8. The van der Waals surface area contributed by atoms with Crippen LogP contribution in [-0.2, 0) is 38.7 Å². The molecular weight excluding hydrogens is 881 g/mol. The first-order chi connectivity index (χ1) is 32.5. The smallest absolute Gasteiger partial charge is 0.249 e. The van der Waals surface area contributed by atoms with Gasteiger partial charge in [0.25, 0.3) is 0 Å². The Morgan fingerprint density at radius 3 is 2.45 bits per heavy atom. The van der Waals surface area contributed by atoms with Crippen molar-refractivity contribution < 1.29 is 37.5 Å². The Bertz CT molecular complexity index is 2630. The van der Waals surface area contributed by atoms with E-state index in [0.717, 1.165) is 37.9 Å². The number of ether oxygens (including phenoxy) is 1. The average molecular weight is 934 g/mol. The van der Waals surface area contributed by atoms with E-state index in [2.05, 4.69) is 30.8 Å². The lowest BCUT2D eigenvalue weighted by molar-refractivity contribution is -0.135. The lowest BCUT2D eigenvalue weighted by Crippen LogP contribution is -2.47. The summed E-state index contributed by atoms with van der Waals surface area (Å²) in [4.78, 5) is 77.6. The number of fused-ring (bicyclic) bond motifs is 1. The van der Waals surface area contributed by atoms with Gasteiger partial charge in [-0.25, -0.2) is 18.7 Å². The van der Waals surface area contributed by atoms with Crippen LogP contribution >= 0.6 is 11.3 Å². The molecule has 0 saturated carbocycles. The minimum atomic E-state index is -0.849. The molecule has 18 heteroatoms. The number of piperidine rings is 3. The number of amides is 4. The molecule has 9 rings (SSSR count). The second-order valence-electron chi connectivity index (χ2n) is 17.8. The van der Waals surface area contributed by atoms with Gasteiger partial charge in [-0.3, -0.25) is 39.1 Å². The van der Waals surface area contributed by atoms with Crippen LogP contribution in [0, 0.1) is 11.6 Å². The van der Waals surface area contributed by atoms with E-state index < -0.39 is 23.8 Å². The summed E-state index contributed by atoms with van der Waals surface area (Å²) in [5.74, 6) is -1.21. The van der Waals surface area contributed by atoms with E-state index in [1.165, 1.54) is 23.5 Å². The summed E-state index contributed by atoms with van der Waals surface area (Å²) in [6.07, 6.45) is 9.01. The third-order valence-corrected chi connectivity index (χ3v) is 14.1. The summed E-state index contributed by atoms with van der Waals surface area (Å²) >= 11 is 1.30. The highest BCUT2D eigenvalue weighted by Crippen LogP contribution is 2.34. The lowest BCUT2D eigenvalue weighted by atomic mass is 9.89. The van der Waals surface area contributed by atoms with Gasteiger partial charge in [-0.2, -0.15) is 0 Å². The fourth-order valence-electron chi connectivity index (χ4n) is 9.78.